The van der Waals surface area contributed by atoms with Gasteiger partial charge in [0, 0.05) is 16.5 Å². The van der Waals surface area contributed by atoms with Crippen molar-refractivity contribution in [2.75, 3.05) is 12.4 Å². The van der Waals surface area contributed by atoms with E-state index < -0.39 is 10.8 Å². The zero-order valence-electron chi connectivity index (χ0n) is 4.55. The van der Waals surface area contributed by atoms with Crippen molar-refractivity contribution in [1.29, 1.82) is 0 Å². The summed E-state index contributed by atoms with van der Waals surface area (Å²) in [7, 11) is -0.457. The molecule has 0 N–H and O–H groups in total. The summed E-state index contributed by atoms with van der Waals surface area (Å²) in [4.78, 5) is 9.92. The van der Waals surface area contributed by atoms with Gasteiger partial charge in [-0.2, -0.15) is 0 Å². The molecule has 0 saturated carbocycles. The van der Waals surface area contributed by atoms with Crippen LogP contribution in [0.1, 0.15) is 12.8 Å². The van der Waals surface area contributed by atoms with E-state index in [4.69, 9.17) is 4.18 Å². The molecule has 1 rings (SSSR count). The molecule has 1 aliphatic heterocycles. The number of carbonyl (C=O) groups excluding carboxylic acids is 1. The van der Waals surface area contributed by atoms with Crippen LogP contribution >= 0.6 is 10.8 Å². The summed E-state index contributed by atoms with van der Waals surface area (Å²) in [5.74, 6) is 0.892. The fraction of sp³-hybridized carbons (Fsp3) is 0.800. The predicted octanol–water partition coefficient (Wildman–Crippen LogP) is 1.05. The second kappa shape index (κ2) is 3.02. The molecule has 0 aromatic rings. The van der Waals surface area contributed by atoms with E-state index in [0.717, 1.165) is 25.2 Å². The van der Waals surface area contributed by atoms with Crippen LogP contribution in [0, 0.1) is 0 Å². The van der Waals surface area contributed by atoms with Crippen molar-refractivity contribution in [2.45, 2.75) is 12.8 Å². The molecule has 8 heavy (non-hydrogen) atoms. The second-order valence-electron chi connectivity index (χ2n) is 1.66. The molecule has 0 aromatic carbocycles. The molecule has 0 bridgehead atoms. The van der Waals surface area contributed by atoms with Crippen LogP contribution in [0.5, 0.6) is 0 Å². The maximum Gasteiger partial charge on any atom is 0.182 e. The summed E-state index contributed by atoms with van der Waals surface area (Å²) in [5, 5.41) is 1.86. The molecule has 3 heteroatoms. The van der Waals surface area contributed by atoms with E-state index >= 15 is 0 Å². The van der Waals surface area contributed by atoms with Crippen molar-refractivity contribution in [2.24, 2.45) is 0 Å². The number of hydrogen-bond donors (Lipinski definition) is 0. The van der Waals surface area contributed by atoms with Gasteiger partial charge >= 0.3 is 0 Å². The molecule has 46 valence electrons. The zero-order chi connectivity index (χ0) is 5.82. The Morgan fingerprint density at radius 1 is 1.50 bits per heavy atom. The van der Waals surface area contributed by atoms with Crippen LogP contribution in [-0.4, -0.2) is 17.6 Å². The van der Waals surface area contributed by atoms with Gasteiger partial charge in [-0.1, -0.05) is 0 Å². The molecule has 1 atom stereocenters. The highest BCUT2D eigenvalue weighted by Crippen LogP contribution is 2.19. The summed E-state index contributed by atoms with van der Waals surface area (Å²) in [6, 6.07) is 0. The minimum atomic E-state index is -0.457. The topological polar surface area (TPSA) is 26.3 Å². The average Bonchev–Trinajstić information content (AvgIpc) is 1.90. The fourth-order valence-corrected chi connectivity index (χ4v) is 1.65. The van der Waals surface area contributed by atoms with Gasteiger partial charge in [0.1, 0.15) is 0 Å². The van der Waals surface area contributed by atoms with Crippen LogP contribution in [0.15, 0.2) is 0 Å². The maximum absolute atomic E-state index is 9.92. The molecule has 0 aliphatic carbocycles. The molecule has 1 unspecified atom stereocenters. The van der Waals surface area contributed by atoms with E-state index in [1.165, 1.54) is 0 Å². The van der Waals surface area contributed by atoms with Gasteiger partial charge in [0.05, 0.1) is 6.61 Å². The molecule has 1 aliphatic rings. The van der Waals surface area contributed by atoms with Gasteiger partial charge < -0.3 is 4.18 Å². The third-order valence-corrected chi connectivity index (χ3v) is 2.34. The van der Waals surface area contributed by atoms with E-state index in [1.807, 2.05) is 5.23 Å². The van der Waals surface area contributed by atoms with Crippen molar-refractivity contribution in [3.63, 3.8) is 0 Å². The molecule has 0 aromatic heterocycles. The normalized spacial score (nSPS) is 29.2. The van der Waals surface area contributed by atoms with Gasteiger partial charge in [0.15, 0.2) is 5.23 Å². The zero-order valence-corrected chi connectivity index (χ0v) is 5.37. The van der Waals surface area contributed by atoms with Crippen LogP contribution in [0.3, 0.4) is 0 Å². The third-order valence-electron chi connectivity index (χ3n) is 1.04. The lowest BCUT2D eigenvalue weighted by Crippen LogP contribution is -1.99. The Hall–Kier alpha value is -0.110. The van der Waals surface area contributed by atoms with Crippen LogP contribution in [0.2, 0.25) is 0 Å². The summed E-state index contributed by atoms with van der Waals surface area (Å²) in [6.07, 6.45) is 2.23. The monoisotopic (exact) mass is 132 g/mol. The van der Waals surface area contributed by atoms with E-state index in [2.05, 4.69) is 0 Å². The molecule has 0 spiro atoms. The minimum Gasteiger partial charge on any atom is -0.312 e. The molecule has 0 radical (unpaired) electrons. The van der Waals surface area contributed by atoms with E-state index in [1.54, 1.807) is 0 Å². The first-order valence-electron chi connectivity index (χ1n) is 2.65. The van der Waals surface area contributed by atoms with Crippen molar-refractivity contribution in [3.05, 3.63) is 0 Å². The predicted molar refractivity (Wildman–Crippen MR) is 33.3 cm³/mol. The molecule has 1 heterocycles. The molecule has 2 nitrogen and oxygen atoms in total. The largest absolute Gasteiger partial charge is 0.312 e. The van der Waals surface area contributed by atoms with Crippen molar-refractivity contribution >= 4 is 16.0 Å². The first-order valence-corrected chi connectivity index (χ1v) is 3.97. The van der Waals surface area contributed by atoms with Crippen molar-refractivity contribution in [3.8, 4) is 0 Å². The number of rotatable bonds is 0. The lowest BCUT2D eigenvalue weighted by atomic mass is 10.4. The van der Waals surface area contributed by atoms with Gasteiger partial charge in [-0.25, -0.2) is 4.79 Å². The van der Waals surface area contributed by atoms with Crippen LogP contribution in [-0.2, 0) is 8.98 Å². The van der Waals surface area contributed by atoms with Crippen LogP contribution < -0.4 is 0 Å². The second-order valence-corrected chi connectivity index (χ2v) is 3.16. The summed E-state index contributed by atoms with van der Waals surface area (Å²) in [6.45, 7) is 0.748. The Morgan fingerprint density at radius 3 is 2.75 bits per heavy atom. The van der Waals surface area contributed by atoms with Gasteiger partial charge in [-0.15, -0.1) is 0 Å². The van der Waals surface area contributed by atoms with Gasteiger partial charge in [-0.3, -0.25) is 0 Å². The lowest BCUT2D eigenvalue weighted by molar-refractivity contribution is 0.344. The van der Waals surface area contributed by atoms with Crippen LogP contribution in [0.25, 0.3) is 0 Å². The van der Waals surface area contributed by atoms with Gasteiger partial charge in [-0.05, 0) is 12.8 Å². The highest BCUT2D eigenvalue weighted by Gasteiger charge is 2.03. The summed E-state index contributed by atoms with van der Waals surface area (Å²) < 4.78 is 5.03. The molecule has 1 fully saturated rings. The molecule has 0 amide bonds. The molecule has 1 saturated heterocycles. The Bertz CT molecular complexity index is 118. The highest BCUT2D eigenvalue weighted by molar-refractivity contribution is 8.10. The summed E-state index contributed by atoms with van der Waals surface area (Å²) >= 11 is 0. The van der Waals surface area contributed by atoms with Crippen molar-refractivity contribution < 1.29 is 8.98 Å². The Balaban J connectivity index is 2.45. The molecular weight excluding hydrogens is 124 g/mol. The van der Waals surface area contributed by atoms with Gasteiger partial charge in [0.2, 0.25) is 0 Å². The Morgan fingerprint density at radius 2 is 2.38 bits per heavy atom. The Kier molecular flexibility index (Phi) is 2.27. The summed E-state index contributed by atoms with van der Waals surface area (Å²) in [5.41, 5.74) is 0. The van der Waals surface area contributed by atoms with E-state index in [-0.39, 0.29) is 0 Å². The standard InChI is InChI=1S/C5H8O2S/c6-5-8-4-2-1-3-7-8/h1-4H2. The third kappa shape index (κ3) is 1.44. The minimum absolute atomic E-state index is 0.457. The maximum atomic E-state index is 9.92. The Labute approximate surface area is 51.0 Å². The quantitative estimate of drug-likeness (QED) is 0.460. The first kappa shape index (κ1) is 6.02. The SMILES string of the molecule is O=C=S1CCCCO1. The smallest absolute Gasteiger partial charge is 0.182 e. The first-order chi connectivity index (χ1) is 3.93. The lowest BCUT2D eigenvalue weighted by Gasteiger charge is -2.10. The number of hydrogen-bond acceptors (Lipinski definition) is 2. The van der Waals surface area contributed by atoms with Crippen molar-refractivity contribution in [1.82, 2.24) is 0 Å². The highest BCUT2D eigenvalue weighted by atomic mass is 32.2. The average molecular weight is 132 g/mol. The van der Waals surface area contributed by atoms with Gasteiger partial charge in [0.25, 0.3) is 0 Å². The molecular formula is C5H8O2S. The van der Waals surface area contributed by atoms with E-state index in [9.17, 15) is 4.79 Å². The van der Waals surface area contributed by atoms with E-state index in [0.29, 0.717) is 0 Å². The fourth-order valence-electron chi connectivity index (χ4n) is 0.619. The van der Waals surface area contributed by atoms with Crippen LogP contribution in [0.4, 0.5) is 0 Å².